The van der Waals surface area contributed by atoms with Crippen molar-refractivity contribution in [3.63, 3.8) is 0 Å². The van der Waals surface area contributed by atoms with Gasteiger partial charge in [0.05, 0.1) is 7.11 Å². The Hall–Kier alpha value is -1.62. The van der Waals surface area contributed by atoms with Gasteiger partial charge in [-0.2, -0.15) is 0 Å². The van der Waals surface area contributed by atoms with E-state index in [4.69, 9.17) is 0 Å². The van der Waals surface area contributed by atoms with Crippen LogP contribution in [0.2, 0.25) is 0 Å². The highest BCUT2D eigenvalue weighted by Crippen LogP contribution is 2.30. The van der Waals surface area contributed by atoms with E-state index < -0.39 is 6.03 Å². The topological polar surface area (TPSA) is 50.4 Å². The Balaban J connectivity index is 3.03. The van der Waals surface area contributed by atoms with E-state index in [1.54, 1.807) is 0 Å². The van der Waals surface area contributed by atoms with Crippen molar-refractivity contribution < 1.29 is 14.0 Å². The summed E-state index contributed by atoms with van der Waals surface area (Å²) in [6, 6.07) is 3.76. The summed E-state index contributed by atoms with van der Waals surface area (Å²) in [6.45, 7) is 5.84. The molecule has 0 atom stereocenters. The number of rotatable bonds is 2. The maximum absolute atomic E-state index is 13.2. The van der Waals surface area contributed by atoms with Gasteiger partial charge in [-0.05, 0) is 29.2 Å². The van der Waals surface area contributed by atoms with Crippen molar-refractivity contribution in [1.82, 2.24) is 5.48 Å². The van der Waals surface area contributed by atoms with Gasteiger partial charge in [-0.25, -0.2) is 14.7 Å². The summed E-state index contributed by atoms with van der Waals surface area (Å²) in [6.07, 6.45) is 0. The number of carbonyl (C=O) groups is 1. The van der Waals surface area contributed by atoms with E-state index in [0.29, 0.717) is 5.69 Å². The summed E-state index contributed by atoms with van der Waals surface area (Å²) in [5.74, 6) is -0.326. The molecule has 0 spiro atoms. The number of halogens is 1. The highest BCUT2D eigenvalue weighted by molar-refractivity contribution is 5.89. The Morgan fingerprint density at radius 3 is 2.53 bits per heavy atom. The van der Waals surface area contributed by atoms with E-state index in [-0.39, 0.29) is 11.2 Å². The number of hydrogen-bond acceptors (Lipinski definition) is 2. The van der Waals surface area contributed by atoms with Gasteiger partial charge in [-0.1, -0.05) is 20.8 Å². The van der Waals surface area contributed by atoms with Gasteiger partial charge in [0.15, 0.2) is 0 Å². The molecule has 0 heterocycles. The Morgan fingerprint density at radius 2 is 2.00 bits per heavy atom. The zero-order valence-electron chi connectivity index (χ0n) is 10.4. The summed E-state index contributed by atoms with van der Waals surface area (Å²) in [4.78, 5) is 15.8. The van der Waals surface area contributed by atoms with Gasteiger partial charge >= 0.3 is 6.03 Å². The number of benzene rings is 1. The fraction of sp³-hybridized carbons (Fsp3) is 0.417. The van der Waals surface area contributed by atoms with E-state index in [1.165, 1.54) is 25.3 Å². The number of hydroxylamine groups is 1. The Morgan fingerprint density at radius 1 is 1.35 bits per heavy atom. The van der Waals surface area contributed by atoms with Gasteiger partial charge in [0, 0.05) is 5.69 Å². The van der Waals surface area contributed by atoms with Crippen LogP contribution in [0.15, 0.2) is 18.2 Å². The second-order valence-corrected chi connectivity index (χ2v) is 4.70. The van der Waals surface area contributed by atoms with Crippen molar-refractivity contribution >= 4 is 11.7 Å². The number of anilines is 1. The minimum Gasteiger partial charge on any atom is -0.306 e. The number of carbonyl (C=O) groups excluding carboxylic acids is 1. The lowest BCUT2D eigenvalue weighted by atomic mass is 9.85. The number of nitrogens with one attached hydrogen (secondary N) is 2. The summed E-state index contributed by atoms with van der Waals surface area (Å²) < 4.78 is 13.2. The van der Waals surface area contributed by atoms with E-state index >= 15 is 0 Å². The third-order valence-corrected chi connectivity index (χ3v) is 2.23. The predicted octanol–water partition coefficient (Wildman–Crippen LogP) is 2.81. The van der Waals surface area contributed by atoms with E-state index in [1.807, 2.05) is 20.8 Å². The lowest BCUT2D eigenvalue weighted by Gasteiger charge is -2.23. The fourth-order valence-electron chi connectivity index (χ4n) is 1.49. The largest absolute Gasteiger partial charge is 0.343 e. The lowest BCUT2D eigenvalue weighted by Crippen LogP contribution is -2.29. The van der Waals surface area contributed by atoms with Gasteiger partial charge in [-0.3, -0.25) is 4.84 Å². The zero-order chi connectivity index (χ0) is 13.1. The van der Waals surface area contributed by atoms with E-state index in [9.17, 15) is 9.18 Å². The summed E-state index contributed by atoms with van der Waals surface area (Å²) in [5.41, 5.74) is 3.17. The minimum atomic E-state index is -0.496. The highest BCUT2D eigenvalue weighted by Gasteiger charge is 2.19. The molecule has 0 aromatic heterocycles. The molecule has 0 aliphatic heterocycles. The summed E-state index contributed by atoms with van der Waals surface area (Å²) in [7, 11) is 1.34. The average Bonchev–Trinajstić information content (AvgIpc) is 2.19. The molecule has 0 radical (unpaired) electrons. The van der Waals surface area contributed by atoms with Gasteiger partial charge < -0.3 is 5.32 Å². The maximum Gasteiger partial charge on any atom is 0.343 e. The smallest absolute Gasteiger partial charge is 0.306 e. The Labute approximate surface area is 100 Å². The first-order chi connectivity index (χ1) is 7.84. The molecule has 0 aliphatic rings. The predicted molar refractivity (Wildman–Crippen MR) is 64.3 cm³/mol. The second kappa shape index (κ2) is 5.14. The van der Waals surface area contributed by atoms with Crippen LogP contribution >= 0.6 is 0 Å². The van der Waals surface area contributed by atoms with Crippen molar-refractivity contribution in [3.8, 4) is 0 Å². The van der Waals surface area contributed by atoms with Crippen LogP contribution in [0.5, 0.6) is 0 Å². The van der Waals surface area contributed by atoms with Crippen LogP contribution in [0.1, 0.15) is 26.3 Å². The molecular formula is C12H17FN2O2. The van der Waals surface area contributed by atoms with Crippen LogP contribution in [0, 0.1) is 5.82 Å². The fourth-order valence-corrected chi connectivity index (χ4v) is 1.49. The molecule has 4 nitrogen and oxygen atoms in total. The molecule has 1 aromatic rings. The second-order valence-electron chi connectivity index (χ2n) is 4.70. The number of amides is 2. The maximum atomic E-state index is 13.2. The van der Waals surface area contributed by atoms with E-state index in [0.717, 1.165) is 5.56 Å². The van der Waals surface area contributed by atoms with E-state index in [2.05, 4.69) is 15.6 Å². The minimum absolute atomic E-state index is 0.266. The number of hydrogen-bond donors (Lipinski definition) is 2. The molecule has 1 rings (SSSR count). The molecule has 0 saturated carbocycles. The molecular weight excluding hydrogens is 223 g/mol. The van der Waals surface area contributed by atoms with Crippen molar-refractivity contribution in [1.29, 1.82) is 0 Å². The van der Waals surface area contributed by atoms with Crippen LogP contribution in [-0.4, -0.2) is 13.1 Å². The van der Waals surface area contributed by atoms with Gasteiger partial charge in [0.25, 0.3) is 0 Å². The van der Waals surface area contributed by atoms with Gasteiger partial charge in [0.2, 0.25) is 0 Å². The standard InChI is InChI=1S/C12H17FN2O2/c1-12(2,3)9-7-8(13)5-6-10(9)14-11(16)15-17-4/h5-7H,1-4H3,(H2,14,15,16). The molecule has 0 saturated heterocycles. The summed E-state index contributed by atoms with van der Waals surface area (Å²) >= 11 is 0. The molecule has 17 heavy (non-hydrogen) atoms. The molecule has 0 fully saturated rings. The molecule has 2 amide bonds. The normalized spacial score (nSPS) is 11.1. The molecule has 0 aliphatic carbocycles. The molecule has 1 aromatic carbocycles. The monoisotopic (exact) mass is 240 g/mol. The molecule has 0 unspecified atom stereocenters. The van der Waals surface area contributed by atoms with Crippen LogP contribution in [-0.2, 0) is 10.3 Å². The first-order valence-electron chi connectivity index (χ1n) is 5.24. The molecule has 5 heteroatoms. The van der Waals surface area contributed by atoms with Crippen LogP contribution < -0.4 is 10.8 Å². The van der Waals surface area contributed by atoms with Gasteiger partial charge in [-0.15, -0.1) is 0 Å². The Bertz CT molecular complexity index is 413. The van der Waals surface area contributed by atoms with Gasteiger partial charge in [0.1, 0.15) is 5.82 Å². The molecule has 94 valence electrons. The van der Waals surface area contributed by atoms with Crippen molar-refractivity contribution in [2.75, 3.05) is 12.4 Å². The quantitative estimate of drug-likeness (QED) is 0.781. The number of urea groups is 1. The third kappa shape index (κ3) is 3.71. The van der Waals surface area contributed by atoms with Crippen molar-refractivity contribution in [2.24, 2.45) is 0 Å². The zero-order valence-corrected chi connectivity index (χ0v) is 10.4. The molecule has 2 N–H and O–H groups in total. The Kier molecular flexibility index (Phi) is 4.07. The SMILES string of the molecule is CONC(=O)Nc1ccc(F)cc1C(C)(C)C. The van der Waals surface area contributed by atoms with Crippen LogP contribution in [0.4, 0.5) is 14.9 Å². The average molecular weight is 240 g/mol. The van der Waals surface area contributed by atoms with Crippen molar-refractivity contribution in [3.05, 3.63) is 29.6 Å². The van der Waals surface area contributed by atoms with Crippen LogP contribution in [0.25, 0.3) is 0 Å². The van der Waals surface area contributed by atoms with Crippen LogP contribution in [0.3, 0.4) is 0 Å². The first-order valence-corrected chi connectivity index (χ1v) is 5.24. The van der Waals surface area contributed by atoms with Crippen molar-refractivity contribution in [2.45, 2.75) is 26.2 Å². The molecule has 0 bridgehead atoms. The summed E-state index contributed by atoms with van der Waals surface area (Å²) in [5, 5.41) is 2.60. The third-order valence-electron chi connectivity index (χ3n) is 2.23. The highest BCUT2D eigenvalue weighted by atomic mass is 19.1. The lowest BCUT2D eigenvalue weighted by molar-refractivity contribution is 0.114. The first kappa shape index (κ1) is 13.4.